The monoisotopic (exact) mass is 494 g/mol. The van der Waals surface area contributed by atoms with Crippen molar-refractivity contribution in [2.75, 3.05) is 20.2 Å². The highest BCUT2D eigenvalue weighted by Crippen LogP contribution is 2.36. The molecule has 0 spiro atoms. The van der Waals surface area contributed by atoms with Crippen LogP contribution >= 0.6 is 0 Å². The Morgan fingerprint density at radius 1 is 0.914 bits per heavy atom. The van der Waals surface area contributed by atoms with Crippen LogP contribution in [0.3, 0.4) is 0 Å². The van der Waals surface area contributed by atoms with E-state index in [-0.39, 0.29) is 40.4 Å². The molecule has 0 radical (unpaired) electrons. The van der Waals surface area contributed by atoms with Gasteiger partial charge in [0.05, 0.1) is 17.6 Å². The van der Waals surface area contributed by atoms with Crippen LogP contribution in [0.2, 0.25) is 0 Å². The molecule has 3 aromatic carbocycles. The van der Waals surface area contributed by atoms with Crippen LogP contribution in [0.25, 0.3) is 5.57 Å². The Labute approximate surface area is 202 Å². The van der Waals surface area contributed by atoms with Gasteiger partial charge in [0.1, 0.15) is 5.75 Å². The minimum atomic E-state index is -3.40. The first-order valence-electron chi connectivity index (χ1n) is 10.5. The van der Waals surface area contributed by atoms with Gasteiger partial charge in [-0.05, 0) is 59.7 Å². The molecule has 4 rings (SSSR count). The predicted octanol–water partition coefficient (Wildman–Crippen LogP) is 3.79. The minimum Gasteiger partial charge on any atom is -0.497 e. The van der Waals surface area contributed by atoms with Crippen LogP contribution in [0.5, 0.6) is 17.2 Å². The van der Waals surface area contributed by atoms with Gasteiger partial charge in [-0.25, -0.2) is 13.2 Å². The molecule has 35 heavy (non-hydrogen) atoms. The van der Waals surface area contributed by atoms with Gasteiger partial charge in [0, 0.05) is 23.8 Å². The van der Waals surface area contributed by atoms with Crippen molar-refractivity contribution in [3.63, 3.8) is 0 Å². The van der Waals surface area contributed by atoms with Crippen molar-refractivity contribution in [3.8, 4) is 17.2 Å². The lowest BCUT2D eigenvalue weighted by Crippen LogP contribution is -2.14. The molecule has 1 N–H and O–H groups in total. The summed E-state index contributed by atoms with van der Waals surface area (Å²) in [7, 11) is -1.90. The normalized spacial score (nSPS) is 13.2. The zero-order valence-corrected chi connectivity index (χ0v) is 19.8. The second-order valence-electron chi connectivity index (χ2n) is 7.88. The summed E-state index contributed by atoms with van der Waals surface area (Å²) >= 11 is 0. The topological polar surface area (TPSA) is 116 Å². The molecule has 0 atom stereocenters. The number of carbonyl (C=O) groups excluding carboxylic acids is 1. The molecule has 0 amide bonds. The largest absolute Gasteiger partial charge is 0.497 e. The number of Topliss-reactive ketones (excluding diaryl/α,β-unsaturated/α-hetero) is 1. The lowest BCUT2D eigenvalue weighted by Gasteiger charge is -2.14. The maximum atomic E-state index is 13.6. The third-order valence-corrected chi connectivity index (χ3v) is 6.66. The number of carboxylic acids is 1. The van der Waals surface area contributed by atoms with E-state index in [1.54, 1.807) is 48.5 Å². The van der Waals surface area contributed by atoms with Crippen LogP contribution in [0.4, 0.5) is 0 Å². The van der Waals surface area contributed by atoms with Gasteiger partial charge in [-0.15, -0.1) is 0 Å². The van der Waals surface area contributed by atoms with Crippen molar-refractivity contribution in [3.05, 3.63) is 89.0 Å². The Balaban J connectivity index is 1.85. The third-order valence-electron chi connectivity index (χ3n) is 5.54. The Morgan fingerprint density at radius 2 is 1.54 bits per heavy atom. The van der Waals surface area contributed by atoms with Crippen LogP contribution < -0.4 is 14.2 Å². The van der Waals surface area contributed by atoms with Crippen molar-refractivity contribution in [1.82, 2.24) is 0 Å². The summed E-state index contributed by atoms with van der Waals surface area (Å²) in [6.45, 7) is 0.0230. The molecule has 0 unspecified atom stereocenters. The van der Waals surface area contributed by atoms with Crippen LogP contribution in [0, 0.1) is 0 Å². The van der Waals surface area contributed by atoms with E-state index in [0.29, 0.717) is 22.8 Å². The summed E-state index contributed by atoms with van der Waals surface area (Å²) in [6, 6.07) is 17.0. The second-order valence-corrected chi connectivity index (χ2v) is 9.89. The van der Waals surface area contributed by atoms with Crippen molar-refractivity contribution < 1.29 is 37.3 Å². The molecule has 0 aromatic heterocycles. The van der Waals surface area contributed by atoms with Gasteiger partial charge in [0.25, 0.3) is 0 Å². The number of ether oxygens (including phenoxy) is 3. The summed E-state index contributed by atoms with van der Waals surface area (Å²) in [5, 5.41) is 10.2. The van der Waals surface area contributed by atoms with E-state index in [4.69, 9.17) is 14.2 Å². The Kier molecular flexibility index (Phi) is 6.61. The number of benzene rings is 3. The number of sulfone groups is 1. The maximum absolute atomic E-state index is 13.6. The molecule has 1 aliphatic heterocycles. The smallest absolute Gasteiger partial charge is 0.336 e. The first-order chi connectivity index (χ1) is 16.7. The van der Waals surface area contributed by atoms with Gasteiger partial charge in [-0.3, -0.25) is 4.79 Å². The standard InChI is InChI=1S/C26H22O8S/c1-32-19-8-5-17(6-9-19)25(27)21(13-16-3-10-20(11-4-16)35(2,30)31)24(26(28)29)18-7-12-22-23(14-18)34-15-33-22/h3-12,14H,13,15H2,1-2H3,(H,28,29)/b24-21-. The van der Waals surface area contributed by atoms with E-state index in [1.165, 1.54) is 25.3 Å². The van der Waals surface area contributed by atoms with Gasteiger partial charge >= 0.3 is 5.97 Å². The quantitative estimate of drug-likeness (QED) is 0.371. The highest BCUT2D eigenvalue weighted by Gasteiger charge is 2.26. The van der Waals surface area contributed by atoms with E-state index in [2.05, 4.69) is 0 Å². The van der Waals surface area contributed by atoms with Crippen LogP contribution in [0.1, 0.15) is 21.5 Å². The molecular weight excluding hydrogens is 472 g/mol. The lowest BCUT2D eigenvalue weighted by atomic mass is 9.89. The summed E-state index contributed by atoms with van der Waals surface area (Å²) < 4.78 is 39.5. The number of hydrogen-bond donors (Lipinski definition) is 1. The minimum absolute atomic E-state index is 0.0230. The molecule has 3 aromatic rings. The summed E-state index contributed by atoms with van der Waals surface area (Å²) in [6.07, 6.45) is 1.06. The number of fused-ring (bicyclic) bond motifs is 1. The van der Waals surface area contributed by atoms with Crippen molar-refractivity contribution in [2.45, 2.75) is 11.3 Å². The van der Waals surface area contributed by atoms with Gasteiger partial charge in [0.15, 0.2) is 27.1 Å². The molecule has 180 valence electrons. The number of ketones is 1. The fourth-order valence-electron chi connectivity index (χ4n) is 3.74. The number of carboxylic acid groups (broad SMARTS) is 1. The highest BCUT2D eigenvalue weighted by atomic mass is 32.2. The van der Waals surface area contributed by atoms with E-state index in [9.17, 15) is 23.1 Å². The molecule has 0 aliphatic carbocycles. The SMILES string of the molecule is COc1ccc(C(=O)/C(Cc2ccc(S(C)(=O)=O)cc2)=C(\C(=O)O)c2ccc3c(c2)OCO3)cc1. The lowest BCUT2D eigenvalue weighted by molar-refractivity contribution is -0.130. The van der Waals surface area contributed by atoms with Crippen LogP contribution in [-0.2, 0) is 21.1 Å². The molecule has 0 saturated carbocycles. The van der Waals surface area contributed by atoms with E-state index >= 15 is 0 Å². The van der Waals surface area contributed by atoms with Gasteiger partial charge in [-0.1, -0.05) is 18.2 Å². The second kappa shape index (κ2) is 9.63. The zero-order valence-electron chi connectivity index (χ0n) is 19.0. The highest BCUT2D eigenvalue weighted by molar-refractivity contribution is 7.90. The predicted molar refractivity (Wildman–Crippen MR) is 128 cm³/mol. The molecule has 0 fully saturated rings. The van der Waals surface area contributed by atoms with E-state index in [1.807, 2.05) is 0 Å². The molecule has 0 saturated heterocycles. The van der Waals surface area contributed by atoms with Crippen LogP contribution in [0.15, 0.2) is 77.2 Å². The van der Waals surface area contributed by atoms with Gasteiger partial charge in [0.2, 0.25) is 6.79 Å². The third kappa shape index (κ3) is 5.20. The molecule has 1 aliphatic rings. The van der Waals surface area contributed by atoms with Gasteiger partial charge < -0.3 is 19.3 Å². The first kappa shape index (κ1) is 24.0. The van der Waals surface area contributed by atoms with Crippen molar-refractivity contribution in [2.24, 2.45) is 0 Å². The first-order valence-corrected chi connectivity index (χ1v) is 12.4. The van der Waals surface area contributed by atoms with Crippen molar-refractivity contribution >= 4 is 27.2 Å². The summed E-state index contributed by atoms with van der Waals surface area (Å²) in [5.41, 5.74) is 0.998. The van der Waals surface area contributed by atoms with E-state index in [0.717, 1.165) is 6.26 Å². The van der Waals surface area contributed by atoms with Crippen LogP contribution in [-0.4, -0.2) is 45.4 Å². The average molecular weight is 495 g/mol. The zero-order chi connectivity index (χ0) is 25.2. The molecular formula is C26H22O8S. The van der Waals surface area contributed by atoms with E-state index < -0.39 is 21.6 Å². The Hall–Kier alpha value is -4.11. The molecule has 0 bridgehead atoms. The molecule has 9 heteroatoms. The molecule has 1 heterocycles. The summed E-state index contributed by atoms with van der Waals surface area (Å²) in [4.78, 5) is 26.2. The molecule has 8 nitrogen and oxygen atoms in total. The number of aliphatic carboxylic acids is 1. The Bertz CT molecular complexity index is 1420. The summed E-state index contributed by atoms with van der Waals surface area (Å²) in [5.74, 6) is -0.339. The number of rotatable bonds is 8. The fraction of sp³-hybridized carbons (Fsp3) is 0.154. The number of carbonyl (C=O) groups is 2. The Morgan fingerprint density at radius 3 is 2.14 bits per heavy atom. The number of allylic oxidation sites excluding steroid dienone is 1. The van der Waals surface area contributed by atoms with Crippen molar-refractivity contribution in [1.29, 1.82) is 0 Å². The van der Waals surface area contributed by atoms with Gasteiger partial charge in [-0.2, -0.15) is 0 Å². The number of hydrogen-bond acceptors (Lipinski definition) is 7. The number of methoxy groups -OCH3 is 1. The average Bonchev–Trinajstić information content (AvgIpc) is 3.31. The maximum Gasteiger partial charge on any atom is 0.336 e. The fourth-order valence-corrected chi connectivity index (χ4v) is 4.37.